The Balaban J connectivity index is 1.88. The second-order valence-corrected chi connectivity index (χ2v) is 7.26. The van der Waals surface area contributed by atoms with Crippen molar-refractivity contribution < 1.29 is 19.9 Å². The van der Waals surface area contributed by atoms with E-state index < -0.39 is 22.3 Å². The minimum Gasteiger partial charge on any atom is -0.501 e. The lowest BCUT2D eigenvalue weighted by Gasteiger charge is -2.11. The molecule has 0 radical (unpaired) electrons. The molecule has 7 nitrogen and oxygen atoms in total. The fraction of sp³-hybridized carbons (Fsp3) is 0.0435. The van der Waals surface area contributed by atoms with Crippen molar-refractivity contribution in [3.8, 4) is 16.9 Å². The maximum Gasteiger partial charge on any atom is 0.354 e. The van der Waals surface area contributed by atoms with E-state index in [1.807, 2.05) is 30.3 Å². The van der Waals surface area contributed by atoms with E-state index in [9.17, 15) is 25.1 Å². The standard InChI is InChI=1S/C23H15ClN2O5/c24-18-10-16(11-19(22(18)27)26(30)31)14-7-4-8-15(9-14)20-17(12-25-21(20)23(28)29)13-5-2-1-3-6-13/h1-11,27H,12H2,(H,28,29). The minimum absolute atomic E-state index is 0.0364. The van der Waals surface area contributed by atoms with Gasteiger partial charge < -0.3 is 10.2 Å². The lowest BCUT2D eigenvalue weighted by molar-refractivity contribution is -0.385. The summed E-state index contributed by atoms with van der Waals surface area (Å²) in [4.78, 5) is 26.6. The molecule has 0 spiro atoms. The molecule has 1 aliphatic rings. The summed E-state index contributed by atoms with van der Waals surface area (Å²) in [5, 5.41) is 30.6. The van der Waals surface area contributed by atoms with Gasteiger partial charge in [-0.15, -0.1) is 0 Å². The van der Waals surface area contributed by atoms with Crippen LogP contribution in [-0.2, 0) is 4.79 Å². The van der Waals surface area contributed by atoms with E-state index in [1.165, 1.54) is 12.1 Å². The second-order valence-electron chi connectivity index (χ2n) is 6.85. The molecule has 0 bridgehead atoms. The van der Waals surface area contributed by atoms with E-state index in [1.54, 1.807) is 24.3 Å². The number of benzene rings is 3. The van der Waals surface area contributed by atoms with Gasteiger partial charge in [-0.2, -0.15) is 0 Å². The van der Waals surface area contributed by atoms with E-state index in [0.717, 1.165) is 11.1 Å². The summed E-state index contributed by atoms with van der Waals surface area (Å²) in [6.07, 6.45) is 0. The first kappa shape index (κ1) is 20.3. The second kappa shape index (κ2) is 8.04. The number of phenols is 1. The minimum atomic E-state index is -1.13. The van der Waals surface area contributed by atoms with Crippen LogP contribution in [0.4, 0.5) is 5.69 Å². The molecule has 154 valence electrons. The highest BCUT2D eigenvalue weighted by atomic mass is 35.5. The number of aliphatic carboxylic acids is 1. The van der Waals surface area contributed by atoms with Crippen LogP contribution in [-0.4, -0.2) is 33.4 Å². The van der Waals surface area contributed by atoms with Crippen LogP contribution in [0.2, 0.25) is 5.02 Å². The average Bonchev–Trinajstić information content (AvgIpc) is 3.21. The zero-order valence-electron chi connectivity index (χ0n) is 15.9. The molecule has 1 aliphatic heterocycles. The van der Waals surface area contributed by atoms with Gasteiger partial charge in [0.05, 0.1) is 16.5 Å². The molecule has 1 heterocycles. The molecule has 8 heteroatoms. The molecule has 0 unspecified atom stereocenters. The SMILES string of the molecule is O=C(O)C1=NCC(c2ccccc2)=C1c1cccc(-c2cc(Cl)c(O)c([N+](=O)[O-])c2)c1. The highest BCUT2D eigenvalue weighted by Crippen LogP contribution is 2.39. The fourth-order valence-corrected chi connectivity index (χ4v) is 3.78. The van der Waals surface area contributed by atoms with Gasteiger partial charge in [0.1, 0.15) is 0 Å². The fourth-order valence-electron chi connectivity index (χ4n) is 3.56. The van der Waals surface area contributed by atoms with Gasteiger partial charge in [-0.1, -0.05) is 60.1 Å². The van der Waals surface area contributed by atoms with E-state index in [2.05, 4.69) is 4.99 Å². The Morgan fingerprint density at radius 1 is 0.968 bits per heavy atom. The van der Waals surface area contributed by atoms with Gasteiger partial charge in [0.25, 0.3) is 0 Å². The maximum atomic E-state index is 11.8. The Morgan fingerprint density at radius 2 is 1.65 bits per heavy atom. The maximum absolute atomic E-state index is 11.8. The van der Waals surface area contributed by atoms with Crippen LogP contribution >= 0.6 is 11.6 Å². The number of hydrogen-bond donors (Lipinski definition) is 2. The van der Waals surface area contributed by atoms with Crippen molar-refractivity contribution in [3.05, 3.63) is 93.0 Å². The van der Waals surface area contributed by atoms with Gasteiger partial charge in [-0.25, -0.2) is 4.79 Å². The number of carboxylic acids is 1. The number of phenolic OH excluding ortho intramolecular Hbond substituents is 1. The smallest absolute Gasteiger partial charge is 0.354 e. The van der Waals surface area contributed by atoms with Crippen molar-refractivity contribution in [1.29, 1.82) is 0 Å². The van der Waals surface area contributed by atoms with Gasteiger partial charge in [0.15, 0.2) is 5.71 Å². The van der Waals surface area contributed by atoms with Crippen molar-refractivity contribution in [2.24, 2.45) is 4.99 Å². The number of carbonyl (C=O) groups is 1. The Morgan fingerprint density at radius 3 is 2.32 bits per heavy atom. The monoisotopic (exact) mass is 434 g/mol. The molecule has 0 fully saturated rings. The third-order valence-corrected chi connectivity index (χ3v) is 5.27. The van der Waals surface area contributed by atoms with Crippen LogP contribution in [0.25, 0.3) is 22.3 Å². The Bertz CT molecular complexity index is 1280. The van der Waals surface area contributed by atoms with E-state index in [4.69, 9.17) is 11.6 Å². The van der Waals surface area contributed by atoms with Crippen molar-refractivity contribution in [3.63, 3.8) is 0 Å². The topological polar surface area (TPSA) is 113 Å². The predicted octanol–water partition coefficient (Wildman–Crippen LogP) is 5.07. The number of nitro benzene ring substituents is 1. The first-order chi connectivity index (χ1) is 14.9. The summed E-state index contributed by atoms with van der Waals surface area (Å²) in [6.45, 7) is 0.238. The number of halogens is 1. The van der Waals surface area contributed by atoms with Crippen LogP contribution in [0, 0.1) is 10.1 Å². The molecule has 4 rings (SSSR count). The Labute approximate surface area is 181 Å². The molecule has 0 amide bonds. The number of aromatic hydroxyl groups is 1. The zero-order valence-corrected chi connectivity index (χ0v) is 16.7. The molecule has 3 aromatic rings. The lowest BCUT2D eigenvalue weighted by Crippen LogP contribution is -2.13. The van der Waals surface area contributed by atoms with Gasteiger partial charge in [0.2, 0.25) is 5.75 Å². The molecule has 0 atom stereocenters. The van der Waals surface area contributed by atoms with Gasteiger partial charge in [-0.3, -0.25) is 15.1 Å². The molecule has 0 saturated carbocycles. The van der Waals surface area contributed by atoms with Gasteiger partial charge in [-0.05, 0) is 40.0 Å². The molecule has 2 N–H and O–H groups in total. The highest BCUT2D eigenvalue weighted by Gasteiger charge is 2.27. The number of nitro groups is 1. The normalized spacial score (nSPS) is 13.3. The molecule has 0 saturated heterocycles. The molecule has 3 aromatic carbocycles. The Hall–Kier alpha value is -3.97. The summed E-state index contributed by atoms with van der Waals surface area (Å²) < 4.78 is 0. The molecule has 31 heavy (non-hydrogen) atoms. The van der Waals surface area contributed by atoms with E-state index >= 15 is 0 Å². The van der Waals surface area contributed by atoms with Gasteiger partial charge in [0, 0.05) is 11.6 Å². The van der Waals surface area contributed by atoms with Crippen molar-refractivity contribution in [2.45, 2.75) is 0 Å². The number of rotatable bonds is 5. The third-order valence-electron chi connectivity index (χ3n) is 4.98. The third kappa shape index (κ3) is 3.78. The zero-order chi connectivity index (χ0) is 22.1. The number of nitrogens with zero attached hydrogens (tertiary/aromatic N) is 2. The molecule has 0 aliphatic carbocycles. The lowest BCUT2D eigenvalue weighted by atomic mass is 9.91. The molecule has 0 aromatic heterocycles. The van der Waals surface area contributed by atoms with Crippen LogP contribution < -0.4 is 0 Å². The molecular weight excluding hydrogens is 420 g/mol. The predicted molar refractivity (Wildman–Crippen MR) is 118 cm³/mol. The van der Waals surface area contributed by atoms with Crippen LogP contribution in [0.1, 0.15) is 11.1 Å². The molecular formula is C23H15ClN2O5. The summed E-state index contributed by atoms with van der Waals surface area (Å²) in [7, 11) is 0. The van der Waals surface area contributed by atoms with Crippen LogP contribution in [0.5, 0.6) is 5.75 Å². The number of carboxylic acid groups (broad SMARTS) is 1. The van der Waals surface area contributed by atoms with E-state index in [-0.39, 0.29) is 17.3 Å². The van der Waals surface area contributed by atoms with Crippen molar-refractivity contribution in [1.82, 2.24) is 0 Å². The Kier molecular flexibility index (Phi) is 5.27. The summed E-state index contributed by atoms with van der Waals surface area (Å²) in [5.74, 6) is -1.73. The average molecular weight is 435 g/mol. The van der Waals surface area contributed by atoms with Gasteiger partial charge >= 0.3 is 11.7 Å². The highest BCUT2D eigenvalue weighted by molar-refractivity contribution is 6.57. The largest absolute Gasteiger partial charge is 0.501 e. The van der Waals surface area contributed by atoms with Crippen LogP contribution in [0.15, 0.2) is 71.7 Å². The first-order valence-electron chi connectivity index (χ1n) is 9.21. The summed E-state index contributed by atoms with van der Waals surface area (Å²) in [5.41, 5.74) is 3.22. The summed E-state index contributed by atoms with van der Waals surface area (Å²) in [6, 6.07) is 19.0. The first-order valence-corrected chi connectivity index (χ1v) is 9.59. The van der Waals surface area contributed by atoms with Crippen LogP contribution in [0.3, 0.4) is 0 Å². The number of aliphatic imine (C=N–C) groups is 1. The summed E-state index contributed by atoms with van der Waals surface area (Å²) >= 11 is 5.99. The van der Waals surface area contributed by atoms with Crippen molar-refractivity contribution >= 4 is 40.1 Å². The number of hydrogen-bond acceptors (Lipinski definition) is 5. The van der Waals surface area contributed by atoms with E-state index in [0.29, 0.717) is 22.3 Å². The van der Waals surface area contributed by atoms with Crippen molar-refractivity contribution in [2.75, 3.05) is 6.54 Å². The quantitative estimate of drug-likeness (QED) is 0.430.